The number of rotatable bonds is 7. The van der Waals surface area contributed by atoms with Gasteiger partial charge in [-0.2, -0.15) is 0 Å². The van der Waals surface area contributed by atoms with E-state index in [4.69, 9.17) is 0 Å². The van der Waals surface area contributed by atoms with Gasteiger partial charge in [0.05, 0.1) is 6.33 Å². The molecule has 0 fully saturated rings. The molecule has 0 unspecified atom stereocenters. The molecule has 1 aliphatic rings. The number of nitrogens with zero attached hydrogens (tertiary/aromatic N) is 3. The summed E-state index contributed by atoms with van der Waals surface area (Å²) < 4.78 is 2.03. The van der Waals surface area contributed by atoms with E-state index in [-0.39, 0.29) is 5.91 Å². The van der Waals surface area contributed by atoms with E-state index in [0.717, 1.165) is 38.2 Å². The van der Waals surface area contributed by atoms with E-state index < -0.39 is 0 Å². The monoisotopic (exact) mass is 436 g/mol. The Kier molecular flexibility index (Phi) is 6.31. The van der Waals surface area contributed by atoms with Crippen LogP contribution in [-0.2, 0) is 32.6 Å². The molecular weight excluding hydrogens is 408 g/mol. The number of benzene rings is 3. The van der Waals surface area contributed by atoms with Crippen molar-refractivity contribution in [2.45, 2.75) is 32.6 Å². The second-order valence-electron chi connectivity index (χ2n) is 8.66. The van der Waals surface area contributed by atoms with Gasteiger partial charge in [-0.15, -0.1) is 0 Å². The topological polar surface area (TPSA) is 50.2 Å². The zero-order chi connectivity index (χ0) is 22.5. The third-order valence-electron chi connectivity index (χ3n) is 6.23. The Labute approximate surface area is 194 Å². The van der Waals surface area contributed by atoms with Gasteiger partial charge < -0.3 is 9.88 Å². The number of nitrogens with one attached hydrogen (secondary N) is 1. The molecule has 0 aliphatic carbocycles. The largest absolute Gasteiger partial charge is 0.348 e. The van der Waals surface area contributed by atoms with E-state index in [0.29, 0.717) is 12.1 Å². The maximum absolute atomic E-state index is 12.6. The summed E-state index contributed by atoms with van der Waals surface area (Å²) in [6, 6.07) is 25.0. The first-order chi connectivity index (χ1) is 16.2. The number of carbonyl (C=O) groups excluding carboxylic acids is 1. The number of hydrogen-bond acceptors (Lipinski definition) is 3. The zero-order valence-electron chi connectivity index (χ0n) is 18.7. The van der Waals surface area contributed by atoms with Crippen molar-refractivity contribution in [1.29, 1.82) is 0 Å². The summed E-state index contributed by atoms with van der Waals surface area (Å²) in [7, 11) is 0. The predicted molar refractivity (Wildman–Crippen MR) is 130 cm³/mol. The number of carbonyl (C=O) groups is 1. The van der Waals surface area contributed by atoms with Crippen molar-refractivity contribution in [1.82, 2.24) is 19.8 Å². The number of fused-ring (bicyclic) bond motifs is 1. The fourth-order valence-electron chi connectivity index (χ4n) is 4.35. The normalized spacial score (nSPS) is 13.5. The lowest BCUT2D eigenvalue weighted by Gasteiger charge is -2.28. The highest BCUT2D eigenvalue weighted by Gasteiger charge is 2.16. The summed E-state index contributed by atoms with van der Waals surface area (Å²) in [6.45, 7) is 4.27. The zero-order valence-corrected chi connectivity index (χ0v) is 18.7. The molecule has 1 aromatic heterocycles. The quantitative estimate of drug-likeness (QED) is 0.467. The van der Waals surface area contributed by atoms with Crippen LogP contribution in [0.5, 0.6) is 0 Å². The Bertz CT molecular complexity index is 1200. The van der Waals surface area contributed by atoms with Gasteiger partial charge in [-0.1, -0.05) is 60.7 Å². The fraction of sp³-hybridized carbons (Fsp3) is 0.214. The van der Waals surface area contributed by atoms with Crippen LogP contribution in [0.1, 0.15) is 38.2 Å². The highest BCUT2D eigenvalue weighted by molar-refractivity contribution is 5.94. The second-order valence-corrected chi connectivity index (χ2v) is 8.66. The number of amides is 1. The van der Waals surface area contributed by atoms with Gasteiger partial charge >= 0.3 is 0 Å². The van der Waals surface area contributed by atoms with Gasteiger partial charge in [-0.3, -0.25) is 9.69 Å². The molecule has 1 N–H and O–H groups in total. The Balaban J connectivity index is 1.12. The van der Waals surface area contributed by atoms with E-state index in [1.165, 1.54) is 22.3 Å². The number of aromatic nitrogens is 2. The first-order valence-electron chi connectivity index (χ1n) is 11.4. The standard InChI is InChI=1S/C28H28N4O/c33-28(30-17-22-5-7-23(8-6-22)19-32-16-14-29-21-32)26-11-9-24(10-12-26)18-31-15-13-25-3-1-2-4-27(25)20-31/h1-12,14,16,21H,13,15,17-20H2,(H,30,33). The molecule has 0 spiro atoms. The van der Waals surface area contributed by atoms with E-state index in [1.54, 1.807) is 6.20 Å². The van der Waals surface area contributed by atoms with Gasteiger partial charge in [-0.25, -0.2) is 4.98 Å². The molecule has 33 heavy (non-hydrogen) atoms. The molecule has 0 bridgehead atoms. The van der Waals surface area contributed by atoms with Crippen LogP contribution in [0.25, 0.3) is 0 Å². The molecule has 0 saturated carbocycles. The average molecular weight is 437 g/mol. The van der Waals surface area contributed by atoms with Gasteiger partial charge in [0.1, 0.15) is 0 Å². The first kappa shape index (κ1) is 21.2. The van der Waals surface area contributed by atoms with Crippen LogP contribution in [0.15, 0.2) is 91.5 Å². The highest BCUT2D eigenvalue weighted by atomic mass is 16.1. The lowest BCUT2D eigenvalue weighted by atomic mass is 9.99. The Morgan fingerprint density at radius 2 is 1.55 bits per heavy atom. The van der Waals surface area contributed by atoms with Crippen LogP contribution in [0.2, 0.25) is 0 Å². The maximum Gasteiger partial charge on any atom is 0.251 e. The van der Waals surface area contributed by atoms with Crippen molar-refractivity contribution in [2.24, 2.45) is 0 Å². The maximum atomic E-state index is 12.6. The third-order valence-corrected chi connectivity index (χ3v) is 6.23. The van der Waals surface area contributed by atoms with Gasteiger partial charge in [-0.05, 0) is 46.4 Å². The van der Waals surface area contributed by atoms with Crippen LogP contribution in [0.4, 0.5) is 0 Å². The van der Waals surface area contributed by atoms with Crippen molar-refractivity contribution in [3.63, 3.8) is 0 Å². The van der Waals surface area contributed by atoms with Crippen LogP contribution >= 0.6 is 0 Å². The van der Waals surface area contributed by atoms with Gasteiger partial charge in [0.15, 0.2) is 0 Å². The van der Waals surface area contributed by atoms with Crippen molar-refractivity contribution in [3.8, 4) is 0 Å². The minimum absolute atomic E-state index is 0.0454. The highest BCUT2D eigenvalue weighted by Crippen LogP contribution is 2.20. The van der Waals surface area contributed by atoms with Crippen molar-refractivity contribution in [3.05, 3.63) is 125 Å². The summed E-state index contributed by atoms with van der Waals surface area (Å²) in [5.74, 6) is -0.0454. The number of hydrogen-bond donors (Lipinski definition) is 1. The van der Waals surface area contributed by atoms with E-state index in [9.17, 15) is 4.79 Å². The SMILES string of the molecule is O=C(NCc1ccc(Cn2ccnc2)cc1)c1ccc(CN2CCc3ccccc3C2)cc1. The molecule has 1 amide bonds. The van der Waals surface area contributed by atoms with Crippen LogP contribution in [0, 0.1) is 0 Å². The molecule has 2 heterocycles. The Hall–Kier alpha value is -3.70. The summed E-state index contributed by atoms with van der Waals surface area (Å²) in [5.41, 5.74) is 7.11. The van der Waals surface area contributed by atoms with E-state index in [1.807, 2.05) is 29.2 Å². The van der Waals surface area contributed by atoms with Crippen molar-refractivity contribution in [2.75, 3.05) is 6.54 Å². The molecule has 5 nitrogen and oxygen atoms in total. The fourth-order valence-corrected chi connectivity index (χ4v) is 4.35. The van der Waals surface area contributed by atoms with Crippen molar-refractivity contribution < 1.29 is 4.79 Å². The molecule has 4 aromatic rings. The van der Waals surface area contributed by atoms with Gasteiger partial charge in [0.2, 0.25) is 0 Å². The minimum atomic E-state index is -0.0454. The second kappa shape index (κ2) is 9.84. The van der Waals surface area contributed by atoms with E-state index >= 15 is 0 Å². The lowest BCUT2D eigenvalue weighted by molar-refractivity contribution is 0.0951. The van der Waals surface area contributed by atoms with Gasteiger partial charge in [0, 0.05) is 50.7 Å². The van der Waals surface area contributed by atoms with Gasteiger partial charge in [0.25, 0.3) is 5.91 Å². The molecule has 0 atom stereocenters. The van der Waals surface area contributed by atoms with Crippen molar-refractivity contribution >= 4 is 5.91 Å². The smallest absolute Gasteiger partial charge is 0.251 e. The molecule has 166 valence electrons. The molecule has 0 saturated heterocycles. The van der Waals surface area contributed by atoms with Crippen LogP contribution in [-0.4, -0.2) is 26.9 Å². The van der Waals surface area contributed by atoms with Crippen LogP contribution in [0.3, 0.4) is 0 Å². The molecule has 5 heteroatoms. The Morgan fingerprint density at radius 3 is 2.30 bits per heavy atom. The number of imidazole rings is 1. The lowest BCUT2D eigenvalue weighted by Crippen LogP contribution is -2.30. The minimum Gasteiger partial charge on any atom is -0.348 e. The molecular formula is C28H28N4O. The molecule has 5 rings (SSSR count). The van der Waals surface area contributed by atoms with Crippen LogP contribution < -0.4 is 5.32 Å². The Morgan fingerprint density at radius 1 is 0.848 bits per heavy atom. The first-order valence-corrected chi connectivity index (χ1v) is 11.4. The summed E-state index contributed by atoms with van der Waals surface area (Å²) in [5, 5.41) is 3.03. The summed E-state index contributed by atoms with van der Waals surface area (Å²) in [4.78, 5) is 19.1. The molecule has 1 aliphatic heterocycles. The summed E-state index contributed by atoms with van der Waals surface area (Å²) >= 11 is 0. The predicted octanol–water partition coefficient (Wildman–Crippen LogP) is 4.42. The van der Waals surface area contributed by atoms with E-state index in [2.05, 4.69) is 75.9 Å². The summed E-state index contributed by atoms with van der Waals surface area (Å²) in [6.07, 6.45) is 6.64. The molecule has 0 radical (unpaired) electrons. The average Bonchev–Trinajstić information content (AvgIpc) is 3.37. The third kappa shape index (κ3) is 5.38. The molecule has 3 aromatic carbocycles.